The number of aryl methyl sites for hydroxylation is 2. The van der Waals surface area contributed by atoms with E-state index < -0.39 is 17.9 Å². The van der Waals surface area contributed by atoms with E-state index in [1.165, 1.54) is 46.4 Å². The SMILES string of the molecule is CCCc1ccc(C)cc1N1/C(=N/C(=O)NC(C)(C)c2ccc(-c3ncn(-c4ccc(OC(F)(F)F)cc4)n3)cc2)SCCC1C. The molecule has 1 aromatic heterocycles. The van der Waals surface area contributed by atoms with E-state index in [1.807, 2.05) is 38.1 Å². The molecule has 4 aromatic rings. The summed E-state index contributed by atoms with van der Waals surface area (Å²) in [4.78, 5) is 24.5. The molecule has 1 fully saturated rings. The number of hydrogen-bond acceptors (Lipinski definition) is 5. The second kappa shape index (κ2) is 13.6. The Morgan fingerprint density at radius 2 is 1.80 bits per heavy atom. The molecule has 5 rings (SSSR count). The maximum atomic E-state index is 13.4. The monoisotopic (exact) mass is 650 g/mol. The van der Waals surface area contributed by atoms with Gasteiger partial charge in [-0.1, -0.05) is 61.5 Å². The molecule has 2 amide bonds. The normalized spacial score (nSPS) is 16.5. The molecule has 3 aromatic carbocycles. The van der Waals surface area contributed by atoms with Gasteiger partial charge in [0, 0.05) is 23.0 Å². The summed E-state index contributed by atoms with van der Waals surface area (Å²) in [5.41, 5.74) is 4.96. The van der Waals surface area contributed by atoms with Gasteiger partial charge in [0.1, 0.15) is 12.1 Å². The number of aromatic nitrogens is 3. The highest BCUT2D eigenvalue weighted by atomic mass is 32.2. The molecular weight excluding hydrogens is 613 g/mol. The van der Waals surface area contributed by atoms with Crippen molar-refractivity contribution in [1.82, 2.24) is 20.1 Å². The van der Waals surface area contributed by atoms with Crippen LogP contribution in [0, 0.1) is 6.92 Å². The van der Waals surface area contributed by atoms with E-state index in [9.17, 15) is 18.0 Å². The number of hydrogen-bond donors (Lipinski definition) is 1. The van der Waals surface area contributed by atoms with Gasteiger partial charge in [0.05, 0.1) is 11.2 Å². The molecule has 8 nitrogen and oxygen atoms in total. The lowest BCUT2D eigenvalue weighted by Gasteiger charge is -2.37. The molecule has 12 heteroatoms. The smallest absolute Gasteiger partial charge is 0.406 e. The summed E-state index contributed by atoms with van der Waals surface area (Å²) in [6.07, 6.45) is -0.287. The van der Waals surface area contributed by atoms with Crippen LogP contribution in [0.1, 0.15) is 57.2 Å². The number of rotatable bonds is 8. The van der Waals surface area contributed by atoms with Crippen LogP contribution in [0.3, 0.4) is 0 Å². The van der Waals surface area contributed by atoms with Gasteiger partial charge >= 0.3 is 12.4 Å². The largest absolute Gasteiger partial charge is 0.573 e. The van der Waals surface area contributed by atoms with E-state index in [0.29, 0.717) is 16.7 Å². The Kier molecular flexibility index (Phi) is 9.76. The number of urea groups is 1. The van der Waals surface area contributed by atoms with Gasteiger partial charge in [-0.3, -0.25) is 0 Å². The minimum atomic E-state index is -4.76. The molecule has 1 N–H and O–H groups in total. The summed E-state index contributed by atoms with van der Waals surface area (Å²) in [6.45, 7) is 10.3. The Morgan fingerprint density at radius 1 is 1.09 bits per heavy atom. The van der Waals surface area contributed by atoms with Gasteiger partial charge in [-0.05, 0) is 87.6 Å². The highest BCUT2D eigenvalue weighted by Crippen LogP contribution is 2.33. The molecule has 46 heavy (non-hydrogen) atoms. The summed E-state index contributed by atoms with van der Waals surface area (Å²) in [5.74, 6) is 1.02. The van der Waals surface area contributed by atoms with Crippen molar-refractivity contribution in [2.24, 2.45) is 4.99 Å². The Bertz CT molecular complexity index is 1700. The lowest BCUT2D eigenvalue weighted by Crippen LogP contribution is -2.44. The molecule has 1 unspecified atom stereocenters. The van der Waals surface area contributed by atoms with E-state index >= 15 is 0 Å². The fourth-order valence-corrected chi connectivity index (χ4v) is 6.53. The van der Waals surface area contributed by atoms with E-state index in [0.717, 1.165) is 41.8 Å². The number of carbonyl (C=O) groups excluding carboxylic acids is 1. The minimum Gasteiger partial charge on any atom is -0.406 e. The van der Waals surface area contributed by atoms with E-state index in [1.54, 1.807) is 11.8 Å². The number of benzene rings is 3. The molecule has 0 radical (unpaired) electrons. The molecule has 1 aliphatic heterocycles. The third kappa shape index (κ3) is 7.90. The van der Waals surface area contributed by atoms with Crippen LogP contribution in [-0.4, -0.2) is 44.1 Å². The van der Waals surface area contributed by atoms with Crippen LogP contribution < -0.4 is 15.0 Å². The van der Waals surface area contributed by atoms with Crippen LogP contribution in [0.15, 0.2) is 78.0 Å². The first-order valence-corrected chi connectivity index (χ1v) is 16.1. The summed E-state index contributed by atoms with van der Waals surface area (Å²) in [6, 6.07) is 19.2. The molecule has 2 heterocycles. The van der Waals surface area contributed by atoms with Gasteiger partial charge in [0.2, 0.25) is 0 Å². The Labute approximate surface area is 271 Å². The van der Waals surface area contributed by atoms with E-state index in [-0.39, 0.29) is 11.8 Å². The number of thioether (sulfide) groups is 1. The summed E-state index contributed by atoms with van der Waals surface area (Å²) in [7, 11) is 0. The van der Waals surface area contributed by atoms with Crippen molar-refractivity contribution in [1.29, 1.82) is 0 Å². The minimum absolute atomic E-state index is 0.214. The number of aliphatic imine (C=N–C) groups is 1. The van der Waals surface area contributed by atoms with Gasteiger partial charge in [-0.2, -0.15) is 4.99 Å². The third-order valence-corrected chi connectivity index (χ3v) is 8.73. The molecule has 0 saturated carbocycles. The van der Waals surface area contributed by atoms with Gasteiger partial charge in [-0.25, -0.2) is 14.5 Å². The lowest BCUT2D eigenvalue weighted by atomic mass is 9.93. The molecular formula is C34H37F3N6O2S. The number of anilines is 1. The third-order valence-electron chi connectivity index (χ3n) is 7.74. The zero-order chi connectivity index (χ0) is 33.1. The maximum Gasteiger partial charge on any atom is 0.573 e. The molecule has 0 bridgehead atoms. The lowest BCUT2D eigenvalue weighted by molar-refractivity contribution is -0.274. The van der Waals surface area contributed by atoms with Crippen molar-refractivity contribution >= 4 is 28.6 Å². The molecule has 242 valence electrons. The first kappa shape index (κ1) is 33.1. The van der Waals surface area contributed by atoms with Gasteiger partial charge in [-0.15, -0.1) is 18.3 Å². The fourth-order valence-electron chi connectivity index (χ4n) is 5.32. The van der Waals surface area contributed by atoms with Gasteiger partial charge < -0.3 is 15.0 Å². The van der Waals surface area contributed by atoms with Crippen molar-refractivity contribution in [3.05, 3.63) is 89.7 Å². The number of halogens is 3. The second-order valence-electron chi connectivity index (χ2n) is 11.8. The fraction of sp³-hybridized carbons (Fsp3) is 0.353. The average molecular weight is 651 g/mol. The zero-order valence-electron chi connectivity index (χ0n) is 26.4. The summed E-state index contributed by atoms with van der Waals surface area (Å²) < 4.78 is 42.8. The number of ether oxygens (including phenoxy) is 1. The molecule has 0 aliphatic carbocycles. The van der Waals surface area contributed by atoms with Crippen molar-refractivity contribution in [2.45, 2.75) is 71.8 Å². The molecule has 1 saturated heterocycles. The molecule has 1 aliphatic rings. The molecule has 1 atom stereocenters. The van der Waals surface area contributed by atoms with Crippen LogP contribution >= 0.6 is 11.8 Å². The highest BCUT2D eigenvalue weighted by Gasteiger charge is 2.31. The highest BCUT2D eigenvalue weighted by molar-refractivity contribution is 8.14. The topological polar surface area (TPSA) is 84.6 Å². The van der Waals surface area contributed by atoms with E-state index in [2.05, 4.69) is 69.0 Å². The standard InChI is InChI=1S/C34H37F3N6O2S/c1-6-7-24-9-8-22(2)20-29(24)43-23(3)18-19-46-32(43)39-31(44)40-33(4,5)26-12-10-25(11-13-26)30-38-21-42(41-30)27-14-16-28(17-15-27)45-34(35,36)37/h8-17,20-21,23H,6-7,18-19H2,1-5H3,(H,40,44)/b39-32-. The Morgan fingerprint density at radius 3 is 2.48 bits per heavy atom. The Hall–Kier alpha value is -4.32. The number of nitrogens with zero attached hydrogens (tertiary/aromatic N) is 5. The number of alkyl halides is 3. The Balaban J connectivity index is 1.29. The van der Waals surface area contributed by atoms with Gasteiger partial charge in [0.25, 0.3) is 0 Å². The van der Waals surface area contributed by atoms with Crippen molar-refractivity contribution in [3.63, 3.8) is 0 Å². The van der Waals surface area contributed by atoms with Crippen LogP contribution in [0.2, 0.25) is 0 Å². The number of amidine groups is 1. The predicted octanol–water partition coefficient (Wildman–Crippen LogP) is 8.43. The van der Waals surface area contributed by atoms with Crippen molar-refractivity contribution in [3.8, 4) is 22.8 Å². The van der Waals surface area contributed by atoms with E-state index in [4.69, 9.17) is 0 Å². The zero-order valence-corrected chi connectivity index (χ0v) is 27.2. The number of nitrogens with one attached hydrogen (secondary N) is 1. The molecule has 0 spiro atoms. The maximum absolute atomic E-state index is 13.4. The number of carbonyl (C=O) groups is 1. The number of amides is 2. The summed E-state index contributed by atoms with van der Waals surface area (Å²) in [5, 5.41) is 8.25. The first-order chi connectivity index (χ1) is 21.8. The van der Waals surface area contributed by atoms with Crippen LogP contribution in [-0.2, 0) is 12.0 Å². The van der Waals surface area contributed by atoms with Crippen molar-refractivity contribution < 1.29 is 22.7 Å². The van der Waals surface area contributed by atoms with Crippen LogP contribution in [0.4, 0.5) is 23.7 Å². The van der Waals surface area contributed by atoms with Gasteiger partial charge in [0.15, 0.2) is 11.0 Å². The van der Waals surface area contributed by atoms with Crippen LogP contribution in [0.25, 0.3) is 17.1 Å². The first-order valence-electron chi connectivity index (χ1n) is 15.1. The van der Waals surface area contributed by atoms with Crippen LogP contribution in [0.5, 0.6) is 5.75 Å². The average Bonchev–Trinajstić information content (AvgIpc) is 3.48. The summed E-state index contributed by atoms with van der Waals surface area (Å²) >= 11 is 1.60. The quantitative estimate of drug-likeness (QED) is 0.206. The van der Waals surface area contributed by atoms with Crippen molar-refractivity contribution in [2.75, 3.05) is 10.7 Å². The predicted molar refractivity (Wildman–Crippen MR) is 177 cm³/mol. The second-order valence-corrected chi connectivity index (χ2v) is 12.9.